The summed E-state index contributed by atoms with van der Waals surface area (Å²) in [5.74, 6) is 0.485. The van der Waals surface area contributed by atoms with E-state index in [1.54, 1.807) is 6.21 Å². The van der Waals surface area contributed by atoms with Crippen molar-refractivity contribution in [2.75, 3.05) is 24.6 Å². The topological polar surface area (TPSA) is 53.9 Å². The Morgan fingerprint density at radius 1 is 1.00 bits per heavy atom. The van der Waals surface area contributed by atoms with Gasteiger partial charge in [0.1, 0.15) is 5.75 Å². The SMILES string of the molecule is CCCN(CCC)c1ccc(/C=N/NC(=O)COc2c(C)ccc(C)c2C)cc1. The minimum absolute atomic E-state index is 0.0651. The molecule has 0 aliphatic carbocycles. The maximum Gasteiger partial charge on any atom is 0.277 e. The molecule has 0 aliphatic heterocycles. The molecular weight excluding hydrogens is 362 g/mol. The number of rotatable bonds is 10. The average molecular weight is 396 g/mol. The molecule has 0 atom stereocenters. The van der Waals surface area contributed by atoms with Crippen molar-refractivity contribution in [1.29, 1.82) is 0 Å². The Kier molecular flexibility index (Phi) is 8.71. The summed E-state index contributed by atoms with van der Waals surface area (Å²) in [5, 5.41) is 4.05. The Balaban J connectivity index is 1.88. The van der Waals surface area contributed by atoms with Gasteiger partial charge < -0.3 is 9.64 Å². The van der Waals surface area contributed by atoms with Crippen LogP contribution in [0.1, 0.15) is 48.9 Å². The highest BCUT2D eigenvalue weighted by Gasteiger charge is 2.09. The van der Waals surface area contributed by atoms with Crippen LogP contribution < -0.4 is 15.1 Å². The smallest absolute Gasteiger partial charge is 0.277 e. The van der Waals surface area contributed by atoms with Gasteiger partial charge in [-0.1, -0.05) is 38.1 Å². The van der Waals surface area contributed by atoms with Crippen LogP contribution in [0.2, 0.25) is 0 Å². The van der Waals surface area contributed by atoms with Crippen molar-refractivity contribution in [3.05, 3.63) is 58.7 Å². The first kappa shape index (κ1) is 22.5. The molecule has 2 rings (SSSR count). The molecular formula is C24H33N3O2. The number of carbonyl (C=O) groups excluding carboxylic acids is 1. The zero-order valence-electron chi connectivity index (χ0n) is 18.3. The highest BCUT2D eigenvalue weighted by Crippen LogP contribution is 2.25. The van der Waals surface area contributed by atoms with E-state index < -0.39 is 0 Å². The number of hydrogen-bond donors (Lipinski definition) is 1. The third kappa shape index (κ3) is 6.63. The fourth-order valence-electron chi connectivity index (χ4n) is 3.18. The van der Waals surface area contributed by atoms with Gasteiger partial charge in [0.15, 0.2) is 6.61 Å². The molecule has 0 fully saturated rings. The van der Waals surface area contributed by atoms with Gasteiger partial charge in [0.2, 0.25) is 0 Å². The van der Waals surface area contributed by atoms with Gasteiger partial charge in [-0.2, -0.15) is 5.10 Å². The van der Waals surface area contributed by atoms with E-state index in [0.717, 1.165) is 53.9 Å². The van der Waals surface area contributed by atoms with Gasteiger partial charge in [-0.3, -0.25) is 4.79 Å². The van der Waals surface area contributed by atoms with Crippen LogP contribution in [0.15, 0.2) is 41.5 Å². The molecule has 0 saturated carbocycles. The Labute approximate surface area is 174 Å². The molecule has 29 heavy (non-hydrogen) atoms. The van der Waals surface area contributed by atoms with E-state index in [9.17, 15) is 4.79 Å². The van der Waals surface area contributed by atoms with E-state index in [4.69, 9.17) is 4.74 Å². The number of ether oxygens (including phenoxy) is 1. The summed E-state index contributed by atoms with van der Waals surface area (Å²) >= 11 is 0. The summed E-state index contributed by atoms with van der Waals surface area (Å²) < 4.78 is 5.71. The Morgan fingerprint density at radius 3 is 2.24 bits per heavy atom. The predicted molar refractivity (Wildman–Crippen MR) is 121 cm³/mol. The number of nitrogens with one attached hydrogen (secondary N) is 1. The Morgan fingerprint density at radius 2 is 1.62 bits per heavy atom. The second kappa shape index (κ2) is 11.2. The number of amides is 1. The number of hydrogen-bond acceptors (Lipinski definition) is 4. The summed E-state index contributed by atoms with van der Waals surface area (Å²) in [7, 11) is 0. The summed E-state index contributed by atoms with van der Waals surface area (Å²) in [6.45, 7) is 12.4. The van der Waals surface area contributed by atoms with Crippen molar-refractivity contribution in [3.8, 4) is 5.75 Å². The molecule has 0 unspecified atom stereocenters. The molecule has 5 nitrogen and oxygen atoms in total. The first-order valence-electron chi connectivity index (χ1n) is 10.3. The molecule has 0 radical (unpaired) electrons. The lowest BCUT2D eigenvalue weighted by Gasteiger charge is -2.23. The van der Waals surface area contributed by atoms with E-state index in [1.807, 2.05) is 39.0 Å². The lowest BCUT2D eigenvalue weighted by Crippen LogP contribution is -2.25. The van der Waals surface area contributed by atoms with Gasteiger partial charge in [-0.05, 0) is 68.0 Å². The van der Waals surface area contributed by atoms with Crippen LogP contribution in [0, 0.1) is 20.8 Å². The van der Waals surface area contributed by atoms with Crippen LogP contribution in [0.3, 0.4) is 0 Å². The van der Waals surface area contributed by atoms with E-state index in [0.29, 0.717) is 0 Å². The Hall–Kier alpha value is -2.82. The van der Waals surface area contributed by atoms with Gasteiger partial charge in [-0.25, -0.2) is 5.43 Å². The first-order chi connectivity index (χ1) is 14.0. The van der Waals surface area contributed by atoms with Gasteiger partial charge in [0.25, 0.3) is 5.91 Å². The standard InChI is InChI=1S/C24H33N3O2/c1-6-14-27(15-7-2)22-12-10-21(11-13-22)16-25-26-23(28)17-29-24-19(4)9-8-18(3)20(24)5/h8-13,16H,6-7,14-15,17H2,1-5H3,(H,26,28)/b25-16+. The lowest BCUT2D eigenvalue weighted by atomic mass is 10.1. The third-order valence-corrected chi connectivity index (χ3v) is 4.87. The van der Waals surface area contributed by atoms with Crippen LogP contribution in [-0.4, -0.2) is 31.8 Å². The van der Waals surface area contributed by atoms with Gasteiger partial charge in [0, 0.05) is 18.8 Å². The number of anilines is 1. The number of nitrogens with zero attached hydrogens (tertiary/aromatic N) is 2. The van der Waals surface area contributed by atoms with Crippen molar-refractivity contribution in [1.82, 2.24) is 5.43 Å². The highest BCUT2D eigenvalue weighted by molar-refractivity contribution is 5.83. The maximum absolute atomic E-state index is 12.0. The number of carbonyl (C=O) groups is 1. The molecule has 0 aromatic heterocycles. The van der Waals surface area contributed by atoms with Crippen LogP contribution in [-0.2, 0) is 4.79 Å². The van der Waals surface area contributed by atoms with Gasteiger partial charge in [-0.15, -0.1) is 0 Å². The van der Waals surface area contributed by atoms with Crippen LogP contribution in [0.25, 0.3) is 0 Å². The molecule has 156 valence electrons. The van der Waals surface area contributed by atoms with Crippen molar-refractivity contribution in [2.45, 2.75) is 47.5 Å². The van der Waals surface area contributed by atoms with Crippen molar-refractivity contribution in [3.63, 3.8) is 0 Å². The molecule has 5 heteroatoms. The van der Waals surface area contributed by atoms with Crippen LogP contribution >= 0.6 is 0 Å². The number of benzene rings is 2. The second-order valence-corrected chi connectivity index (χ2v) is 7.31. The van der Waals surface area contributed by atoms with Gasteiger partial charge >= 0.3 is 0 Å². The average Bonchev–Trinajstić information content (AvgIpc) is 2.71. The number of aryl methyl sites for hydroxylation is 2. The maximum atomic E-state index is 12.0. The minimum atomic E-state index is -0.282. The fourth-order valence-corrected chi connectivity index (χ4v) is 3.18. The summed E-state index contributed by atoms with van der Waals surface area (Å²) in [5.41, 5.74) is 7.90. The normalized spacial score (nSPS) is 10.9. The largest absolute Gasteiger partial charge is 0.483 e. The van der Waals surface area contributed by atoms with Crippen molar-refractivity contribution in [2.24, 2.45) is 5.10 Å². The molecule has 0 heterocycles. The van der Waals surface area contributed by atoms with Crippen LogP contribution in [0.5, 0.6) is 5.75 Å². The lowest BCUT2D eigenvalue weighted by molar-refractivity contribution is -0.123. The van der Waals surface area contributed by atoms with Crippen molar-refractivity contribution < 1.29 is 9.53 Å². The molecule has 1 amide bonds. The molecule has 2 aromatic carbocycles. The van der Waals surface area contributed by atoms with E-state index in [-0.39, 0.29) is 12.5 Å². The quantitative estimate of drug-likeness (QED) is 0.466. The van der Waals surface area contributed by atoms with Crippen LogP contribution in [0.4, 0.5) is 5.69 Å². The molecule has 0 spiro atoms. The van der Waals surface area contributed by atoms with Crippen molar-refractivity contribution >= 4 is 17.8 Å². The molecule has 0 bridgehead atoms. The van der Waals surface area contributed by atoms with Gasteiger partial charge in [0.05, 0.1) is 6.21 Å². The molecule has 1 N–H and O–H groups in total. The Bertz CT molecular complexity index is 823. The fraction of sp³-hybridized carbons (Fsp3) is 0.417. The van der Waals surface area contributed by atoms with E-state index in [1.165, 1.54) is 5.69 Å². The summed E-state index contributed by atoms with van der Waals surface area (Å²) in [4.78, 5) is 14.4. The van der Waals surface area contributed by atoms with E-state index in [2.05, 4.69) is 47.5 Å². The zero-order valence-corrected chi connectivity index (χ0v) is 18.3. The molecule has 2 aromatic rings. The second-order valence-electron chi connectivity index (χ2n) is 7.31. The predicted octanol–water partition coefficient (Wildman–Crippen LogP) is 4.77. The monoisotopic (exact) mass is 395 g/mol. The number of hydrazone groups is 1. The first-order valence-corrected chi connectivity index (χ1v) is 10.3. The molecule has 0 saturated heterocycles. The minimum Gasteiger partial charge on any atom is -0.483 e. The third-order valence-electron chi connectivity index (χ3n) is 4.87. The molecule has 0 aliphatic rings. The summed E-state index contributed by atoms with van der Waals surface area (Å²) in [6.07, 6.45) is 3.90. The summed E-state index contributed by atoms with van der Waals surface area (Å²) in [6, 6.07) is 12.3. The van der Waals surface area contributed by atoms with E-state index >= 15 is 0 Å². The zero-order chi connectivity index (χ0) is 21.2. The highest BCUT2D eigenvalue weighted by atomic mass is 16.5.